The normalized spacial score (nSPS) is 10.4. The van der Waals surface area contributed by atoms with Crippen LogP contribution in [0.1, 0.15) is 29.8 Å². The van der Waals surface area contributed by atoms with Crippen LogP contribution in [0.5, 0.6) is 0 Å². The van der Waals surface area contributed by atoms with Crippen molar-refractivity contribution in [3.63, 3.8) is 0 Å². The Balaban J connectivity index is 2.38. The van der Waals surface area contributed by atoms with Crippen molar-refractivity contribution < 1.29 is 9.53 Å². The van der Waals surface area contributed by atoms with Crippen LogP contribution in [0.4, 0.5) is 5.82 Å². The summed E-state index contributed by atoms with van der Waals surface area (Å²) in [6, 6.07) is 7.88. The van der Waals surface area contributed by atoms with Crippen molar-refractivity contribution in [2.24, 2.45) is 0 Å². The minimum atomic E-state index is -0.446. The zero-order valence-corrected chi connectivity index (χ0v) is 11.1. The van der Waals surface area contributed by atoms with Crippen LogP contribution in [0.2, 0.25) is 0 Å². The average molecular weight is 259 g/mol. The Labute approximate surface area is 112 Å². The van der Waals surface area contributed by atoms with Gasteiger partial charge in [0, 0.05) is 0 Å². The topological polar surface area (TPSA) is 70.1 Å². The molecule has 1 heterocycles. The molecule has 0 aliphatic heterocycles. The number of carbonyl (C=O) groups excluding carboxylic acids is 1. The van der Waals surface area contributed by atoms with E-state index in [4.69, 9.17) is 10.5 Å². The van der Waals surface area contributed by atoms with Gasteiger partial charge in [0.2, 0.25) is 0 Å². The first kappa shape index (κ1) is 13.1. The smallest absolute Gasteiger partial charge is 0.343 e. The molecular weight excluding hydrogens is 242 g/mol. The number of hydrogen-bond donors (Lipinski definition) is 1. The molecule has 0 unspecified atom stereocenters. The van der Waals surface area contributed by atoms with E-state index in [-0.39, 0.29) is 0 Å². The van der Waals surface area contributed by atoms with Crippen LogP contribution >= 0.6 is 0 Å². The third-order valence-corrected chi connectivity index (χ3v) is 2.87. The number of aromatic nitrogens is 2. The molecule has 1 aromatic carbocycles. The molecule has 0 spiro atoms. The first-order valence-electron chi connectivity index (χ1n) is 6.27. The minimum absolute atomic E-state index is 0.295. The van der Waals surface area contributed by atoms with Crippen LogP contribution in [-0.4, -0.2) is 22.4 Å². The second kappa shape index (κ2) is 5.56. The summed E-state index contributed by atoms with van der Waals surface area (Å²) in [4.78, 5) is 11.7. The summed E-state index contributed by atoms with van der Waals surface area (Å²) in [5.41, 5.74) is 8.28. The Kier molecular flexibility index (Phi) is 3.85. The fourth-order valence-corrected chi connectivity index (χ4v) is 1.84. The van der Waals surface area contributed by atoms with Crippen LogP contribution in [0.25, 0.3) is 5.69 Å². The van der Waals surface area contributed by atoms with Crippen molar-refractivity contribution in [2.75, 3.05) is 12.3 Å². The molecule has 2 aromatic rings. The Morgan fingerprint density at radius 1 is 1.42 bits per heavy atom. The van der Waals surface area contributed by atoms with E-state index in [1.807, 2.05) is 24.3 Å². The maximum absolute atomic E-state index is 11.7. The molecule has 5 nitrogen and oxygen atoms in total. The summed E-state index contributed by atoms with van der Waals surface area (Å²) in [6.07, 6.45) is 2.37. The molecule has 0 aliphatic rings. The number of ether oxygens (including phenoxy) is 1. The predicted molar refractivity (Wildman–Crippen MR) is 73.3 cm³/mol. The van der Waals surface area contributed by atoms with Crippen LogP contribution in [0.15, 0.2) is 30.5 Å². The Hall–Kier alpha value is -2.30. The second-order valence-electron chi connectivity index (χ2n) is 4.10. The SMILES string of the molecule is CCOC(=O)c1cnn(-c2cccc(CC)c2)c1N. The largest absolute Gasteiger partial charge is 0.462 e. The zero-order chi connectivity index (χ0) is 13.8. The van der Waals surface area contributed by atoms with Crippen LogP contribution < -0.4 is 5.73 Å². The van der Waals surface area contributed by atoms with Gasteiger partial charge in [-0.25, -0.2) is 9.48 Å². The van der Waals surface area contributed by atoms with E-state index in [9.17, 15) is 4.79 Å². The number of hydrogen-bond acceptors (Lipinski definition) is 4. The zero-order valence-electron chi connectivity index (χ0n) is 11.1. The van der Waals surface area contributed by atoms with Crippen molar-refractivity contribution in [1.82, 2.24) is 9.78 Å². The number of carbonyl (C=O) groups is 1. The number of aryl methyl sites for hydroxylation is 1. The molecule has 100 valence electrons. The Morgan fingerprint density at radius 3 is 2.89 bits per heavy atom. The fourth-order valence-electron chi connectivity index (χ4n) is 1.84. The fraction of sp³-hybridized carbons (Fsp3) is 0.286. The molecule has 1 aromatic heterocycles. The Bertz CT molecular complexity index is 590. The summed E-state index contributed by atoms with van der Waals surface area (Å²) < 4.78 is 6.48. The molecule has 2 rings (SSSR count). The molecule has 5 heteroatoms. The van der Waals surface area contributed by atoms with Crippen LogP contribution in [-0.2, 0) is 11.2 Å². The van der Waals surface area contributed by atoms with Gasteiger partial charge in [-0.05, 0) is 31.0 Å². The van der Waals surface area contributed by atoms with Gasteiger partial charge in [0.15, 0.2) is 0 Å². The second-order valence-corrected chi connectivity index (χ2v) is 4.10. The molecular formula is C14H17N3O2. The van der Waals surface area contributed by atoms with Gasteiger partial charge in [-0.1, -0.05) is 19.1 Å². The van der Waals surface area contributed by atoms with Crippen molar-refractivity contribution in [2.45, 2.75) is 20.3 Å². The molecule has 0 bridgehead atoms. The Morgan fingerprint density at radius 2 is 2.21 bits per heavy atom. The predicted octanol–water partition coefficient (Wildman–Crippen LogP) is 2.19. The van der Waals surface area contributed by atoms with Crippen LogP contribution in [0.3, 0.4) is 0 Å². The number of nitrogens with two attached hydrogens (primary N) is 1. The summed E-state index contributed by atoms with van der Waals surface area (Å²) in [6.45, 7) is 4.15. The highest BCUT2D eigenvalue weighted by Gasteiger charge is 2.16. The first-order valence-corrected chi connectivity index (χ1v) is 6.27. The van der Waals surface area contributed by atoms with E-state index in [2.05, 4.69) is 12.0 Å². The van der Waals surface area contributed by atoms with E-state index >= 15 is 0 Å². The summed E-state index contributed by atoms with van der Waals surface area (Å²) in [7, 11) is 0. The quantitative estimate of drug-likeness (QED) is 0.854. The standard InChI is InChI=1S/C14H17N3O2/c1-3-10-6-5-7-11(8-10)17-13(15)12(9-16-17)14(18)19-4-2/h5-9H,3-4,15H2,1-2H3. The maximum atomic E-state index is 11.7. The van der Waals surface area contributed by atoms with Gasteiger partial charge in [0.1, 0.15) is 11.4 Å². The molecule has 0 radical (unpaired) electrons. The molecule has 0 saturated carbocycles. The van der Waals surface area contributed by atoms with Gasteiger partial charge in [0.05, 0.1) is 18.5 Å². The van der Waals surface area contributed by atoms with E-state index < -0.39 is 5.97 Å². The number of anilines is 1. The van der Waals surface area contributed by atoms with E-state index in [1.165, 1.54) is 11.8 Å². The van der Waals surface area contributed by atoms with Crippen molar-refractivity contribution in [3.8, 4) is 5.69 Å². The van der Waals surface area contributed by atoms with E-state index in [1.54, 1.807) is 11.6 Å². The highest BCUT2D eigenvalue weighted by Crippen LogP contribution is 2.19. The van der Waals surface area contributed by atoms with Gasteiger partial charge >= 0.3 is 5.97 Å². The molecule has 0 aliphatic carbocycles. The first-order chi connectivity index (χ1) is 9.17. The van der Waals surface area contributed by atoms with Crippen molar-refractivity contribution >= 4 is 11.8 Å². The number of nitrogens with zero attached hydrogens (tertiary/aromatic N) is 2. The third-order valence-electron chi connectivity index (χ3n) is 2.87. The molecule has 19 heavy (non-hydrogen) atoms. The van der Waals surface area contributed by atoms with Crippen molar-refractivity contribution in [3.05, 3.63) is 41.6 Å². The van der Waals surface area contributed by atoms with E-state index in [0.717, 1.165) is 12.1 Å². The monoisotopic (exact) mass is 259 g/mol. The summed E-state index contributed by atoms with van der Waals surface area (Å²) in [5, 5.41) is 4.16. The van der Waals surface area contributed by atoms with Gasteiger partial charge in [-0.15, -0.1) is 0 Å². The molecule has 0 saturated heterocycles. The van der Waals surface area contributed by atoms with Crippen LogP contribution in [0, 0.1) is 0 Å². The number of benzene rings is 1. The number of esters is 1. The highest BCUT2D eigenvalue weighted by molar-refractivity contribution is 5.94. The third kappa shape index (κ3) is 2.59. The lowest BCUT2D eigenvalue weighted by Crippen LogP contribution is -2.09. The lowest BCUT2D eigenvalue weighted by Gasteiger charge is -2.06. The molecule has 0 atom stereocenters. The average Bonchev–Trinajstić information content (AvgIpc) is 2.81. The summed E-state index contributed by atoms with van der Waals surface area (Å²) in [5.74, 6) is -0.149. The van der Waals surface area contributed by atoms with Gasteiger partial charge in [0.25, 0.3) is 0 Å². The number of rotatable bonds is 4. The molecule has 0 amide bonds. The maximum Gasteiger partial charge on any atom is 0.343 e. The van der Waals surface area contributed by atoms with Crippen molar-refractivity contribution in [1.29, 1.82) is 0 Å². The number of nitrogen functional groups attached to an aromatic ring is 1. The lowest BCUT2D eigenvalue weighted by atomic mass is 10.1. The van der Waals surface area contributed by atoms with E-state index in [0.29, 0.717) is 18.0 Å². The molecule has 2 N–H and O–H groups in total. The van der Waals surface area contributed by atoms with Gasteiger partial charge in [-0.2, -0.15) is 5.10 Å². The molecule has 0 fully saturated rings. The van der Waals surface area contributed by atoms with Gasteiger partial charge in [-0.3, -0.25) is 0 Å². The lowest BCUT2D eigenvalue weighted by molar-refractivity contribution is 0.0527. The minimum Gasteiger partial charge on any atom is -0.462 e. The summed E-state index contributed by atoms with van der Waals surface area (Å²) >= 11 is 0. The van der Waals surface area contributed by atoms with Gasteiger partial charge < -0.3 is 10.5 Å². The highest BCUT2D eigenvalue weighted by atomic mass is 16.5.